The molecule has 23 heavy (non-hydrogen) atoms. The van der Waals surface area contributed by atoms with Crippen molar-refractivity contribution in [1.29, 1.82) is 0 Å². The van der Waals surface area contributed by atoms with E-state index in [0.717, 1.165) is 5.56 Å². The maximum absolute atomic E-state index is 11.7. The largest absolute Gasteiger partial charge is 0.455 e. The number of hydrogen-bond acceptors (Lipinski definition) is 5. The summed E-state index contributed by atoms with van der Waals surface area (Å²) in [5.74, 6) is 0.747. The Balaban J connectivity index is 1.65. The summed E-state index contributed by atoms with van der Waals surface area (Å²) >= 11 is 5.85. The molecule has 1 amide bonds. The van der Waals surface area contributed by atoms with Crippen LogP contribution in [0.1, 0.15) is 16.2 Å². The van der Waals surface area contributed by atoms with Crippen molar-refractivity contribution in [3.05, 3.63) is 71.5 Å². The molecular formula is C16H11ClN4O2. The molecule has 0 saturated carbocycles. The number of nitrogens with zero attached hydrogens (tertiary/aromatic N) is 3. The summed E-state index contributed by atoms with van der Waals surface area (Å²) in [7, 11) is 0. The molecule has 0 radical (unpaired) electrons. The number of rotatable bonds is 4. The number of aromatic nitrogens is 2. The van der Waals surface area contributed by atoms with Gasteiger partial charge in [-0.15, -0.1) is 0 Å². The highest BCUT2D eigenvalue weighted by Crippen LogP contribution is 2.23. The molecule has 0 atom stereocenters. The number of hydrogen-bond donors (Lipinski definition) is 1. The molecule has 7 heteroatoms. The summed E-state index contributed by atoms with van der Waals surface area (Å²) in [6, 6.07) is 10.9. The Hall–Kier alpha value is -2.99. The summed E-state index contributed by atoms with van der Waals surface area (Å²) in [4.78, 5) is 19.4. The number of benzene rings is 1. The normalized spacial score (nSPS) is 10.8. The molecule has 0 saturated heterocycles. The highest BCUT2D eigenvalue weighted by atomic mass is 35.5. The molecule has 2 heterocycles. The molecule has 114 valence electrons. The lowest BCUT2D eigenvalue weighted by molar-refractivity contribution is 0.0949. The molecule has 0 unspecified atom stereocenters. The van der Waals surface area contributed by atoms with Crippen molar-refractivity contribution >= 4 is 23.7 Å². The monoisotopic (exact) mass is 326 g/mol. The van der Waals surface area contributed by atoms with E-state index in [4.69, 9.17) is 16.0 Å². The number of carbonyl (C=O) groups excluding carboxylic acids is 1. The molecule has 2 aromatic heterocycles. The molecule has 0 aliphatic carbocycles. The van der Waals surface area contributed by atoms with E-state index in [9.17, 15) is 4.79 Å². The van der Waals surface area contributed by atoms with Crippen LogP contribution in [-0.4, -0.2) is 22.1 Å². The number of halogens is 1. The van der Waals surface area contributed by atoms with Gasteiger partial charge >= 0.3 is 0 Å². The third-order valence-electron chi connectivity index (χ3n) is 2.91. The Morgan fingerprint density at radius 2 is 2.00 bits per heavy atom. The fraction of sp³-hybridized carbons (Fsp3) is 0. The molecule has 0 fully saturated rings. The quantitative estimate of drug-likeness (QED) is 0.590. The van der Waals surface area contributed by atoms with E-state index in [1.165, 1.54) is 24.8 Å². The second kappa shape index (κ2) is 6.85. The van der Waals surface area contributed by atoms with Crippen LogP contribution in [0.5, 0.6) is 0 Å². The molecular weight excluding hydrogens is 316 g/mol. The van der Waals surface area contributed by atoms with Gasteiger partial charge in [-0.2, -0.15) is 5.10 Å². The van der Waals surface area contributed by atoms with Crippen molar-refractivity contribution in [2.75, 3.05) is 0 Å². The van der Waals surface area contributed by atoms with Gasteiger partial charge in [0.25, 0.3) is 5.91 Å². The predicted octanol–water partition coefficient (Wildman–Crippen LogP) is 3.15. The average Bonchev–Trinajstić information content (AvgIpc) is 3.05. The predicted molar refractivity (Wildman–Crippen MR) is 86.2 cm³/mol. The lowest BCUT2D eigenvalue weighted by Gasteiger charge is -1.97. The van der Waals surface area contributed by atoms with E-state index in [0.29, 0.717) is 16.5 Å². The SMILES string of the molecule is O=C(N/N=C\c1ccc(-c2ccc(Cl)cc2)o1)c1cnccn1. The summed E-state index contributed by atoms with van der Waals surface area (Å²) in [5, 5.41) is 4.49. The van der Waals surface area contributed by atoms with Gasteiger partial charge in [-0.1, -0.05) is 11.6 Å². The fourth-order valence-corrected chi connectivity index (χ4v) is 1.95. The molecule has 0 bridgehead atoms. The highest BCUT2D eigenvalue weighted by molar-refractivity contribution is 6.30. The van der Waals surface area contributed by atoms with Crippen LogP contribution in [0.15, 0.2) is 64.5 Å². The number of carbonyl (C=O) groups is 1. The summed E-state index contributed by atoms with van der Waals surface area (Å²) in [6.07, 6.45) is 5.69. The van der Waals surface area contributed by atoms with Gasteiger partial charge in [0.05, 0.1) is 12.4 Å². The van der Waals surface area contributed by atoms with Gasteiger partial charge in [0, 0.05) is 23.0 Å². The number of hydrazone groups is 1. The molecule has 3 rings (SSSR count). The summed E-state index contributed by atoms with van der Waals surface area (Å²) in [5.41, 5.74) is 3.44. The van der Waals surface area contributed by atoms with Gasteiger partial charge in [0.2, 0.25) is 0 Å². The Morgan fingerprint density at radius 1 is 1.17 bits per heavy atom. The zero-order valence-corrected chi connectivity index (χ0v) is 12.6. The van der Waals surface area contributed by atoms with Gasteiger partial charge in [-0.25, -0.2) is 10.4 Å². The number of nitrogens with one attached hydrogen (secondary N) is 1. The molecule has 3 aromatic rings. The molecule has 1 N–H and O–H groups in total. The molecule has 0 aliphatic rings. The van der Waals surface area contributed by atoms with E-state index in [1.807, 2.05) is 18.2 Å². The van der Waals surface area contributed by atoms with E-state index in [-0.39, 0.29) is 5.69 Å². The maximum atomic E-state index is 11.7. The molecule has 6 nitrogen and oxygen atoms in total. The first-order valence-electron chi connectivity index (χ1n) is 6.67. The van der Waals surface area contributed by atoms with Crippen molar-refractivity contribution in [1.82, 2.24) is 15.4 Å². The summed E-state index contributed by atoms with van der Waals surface area (Å²) < 4.78 is 5.63. The minimum Gasteiger partial charge on any atom is -0.455 e. The van der Waals surface area contributed by atoms with Gasteiger partial charge < -0.3 is 4.42 Å². The molecule has 1 aromatic carbocycles. The zero-order chi connectivity index (χ0) is 16.1. The lowest BCUT2D eigenvalue weighted by atomic mass is 10.2. The van der Waals surface area contributed by atoms with Gasteiger partial charge in [0.1, 0.15) is 17.2 Å². The Kier molecular flexibility index (Phi) is 4.44. The first-order valence-corrected chi connectivity index (χ1v) is 7.05. The van der Waals surface area contributed by atoms with E-state index in [1.54, 1.807) is 18.2 Å². The van der Waals surface area contributed by atoms with Crippen molar-refractivity contribution in [3.8, 4) is 11.3 Å². The minimum absolute atomic E-state index is 0.186. The second-order valence-electron chi connectivity index (χ2n) is 4.50. The van der Waals surface area contributed by atoms with Gasteiger partial charge in [-0.3, -0.25) is 9.78 Å². The molecule has 0 spiro atoms. The van der Waals surface area contributed by atoms with Crippen LogP contribution in [0.3, 0.4) is 0 Å². The first kappa shape index (κ1) is 14.9. The second-order valence-corrected chi connectivity index (χ2v) is 4.94. The maximum Gasteiger partial charge on any atom is 0.291 e. The van der Waals surface area contributed by atoms with Crippen molar-refractivity contribution in [3.63, 3.8) is 0 Å². The summed E-state index contributed by atoms with van der Waals surface area (Å²) in [6.45, 7) is 0. The van der Waals surface area contributed by atoms with E-state index >= 15 is 0 Å². The van der Waals surface area contributed by atoms with Crippen molar-refractivity contribution < 1.29 is 9.21 Å². The number of furan rings is 1. The fourth-order valence-electron chi connectivity index (χ4n) is 1.82. The van der Waals surface area contributed by atoms with Crippen LogP contribution in [0.2, 0.25) is 5.02 Å². The van der Waals surface area contributed by atoms with E-state index in [2.05, 4.69) is 20.5 Å². The van der Waals surface area contributed by atoms with Crippen molar-refractivity contribution in [2.24, 2.45) is 5.10 Å². The zero-order valence-electron chi connectivity index (χ0n) is 11.8. The standard InChI is InChI=1S/C16H11ClN4O2/c17-12-3-1-11(2-4-12)15-6-5-13(23-15)9-20-21-16(22)14-10-18-7-8-19-14/h1-10H,(H,21,22)/b20-9-. The van der Waals surface area contributed by atoms with Crippen LogP contribution in [-0.2, 0) is 0 Å². The third-order valence-corrected chi connectivity index (χ3v) is 3.16. The third kappa shape index (κ3) is 3.81. The highest BCUT2D eigenvalue weighted by Gasteiger charge is 2.06. The lowest BCUT2D eigenvalue weighted by Crippen LogP contribution is -2.18. The number of amides is 1. The Morgan fingerprint density at radius 3 is 2.74 bits per heavy atom. The minimum atomic E-state index is -0.446. The first-order chi connectivity index (χ1) is 11.2. The van der Waals surface area contributed by atoms with Gasteiger partial charge in [-0.05, 0) is 36.4 Å². The van der Waals surface area contributed by atoms with Crippen LogP contribution in [0.25, 0.3) is 11.3 Å². The Bertz CT molecular complexity index is 829. The van der Waals surface area contributed by atoms with Crippen LogP contribution < -0.4 is 5.43 Å². The average molecular weight is 327 g/mol. The van der Waals surface area contributed by atoms with Crippen LogP contribution in [0, 0.1) is 0 Å². The smallest absolute Gasteiger partial charge is 0.291 e. The molecule has 0 aliphatic heterocycles. The van der Waals surface area contributed by atoms with Crippen molar-refractivity contribution in [2.45, 2.75) is 0 Å². The van der Waals surface area contributed by atoms with Crippen LogP contribution >= 0.6 is 11.6 Å². The topological polar surface area (TPSA) is 80.4 Å². The van der Waals surface area contributed by atoms with Gasteiger partial charge in [0.15, 0.2) is 0 Å². The van der Waals surface area contributed by atoms with E-state index < -0.39 is 5.91 Å². The van der Waals surface area contributed by atoms with Crippen LogP contribution in [0.4, 0.5) is 0 Å². The Labute approximate surface area is 136 Å².